The number of benzene rings is 1. The fraction of sp³-hybridized carbons (Fsp3) is 0.300. The van der Waals surface area contributed by atoms with Crippen molar-refractivity contribution in [3.05, 3.63) is 58.6 Å². The Morgan fingerprint density at radius 2 is 1.88 bits per heavy atom. The van der Waals surface area contributed by atoms with Gasteiger partial charge in [-0.25, -0.2) is 0 Å². The third-order valence-electron chi connectivity index (χ3n) is 5.07. The van der Waals surface area contributed by atoms with Gasteiger partial charge in [-0.1, -0.05) is 12.1 Å². The lowest BCUT2D eigenvalue weighted by Crippen LogP contribution is -2.48. The van der Waals surface area contributed by atoms with Crippen molar-refractivity contribution in [3.63, 3.8) is 0 Å². The third-order valence-corrected chi connectivity index (χ3v) is 6.17. The van der Waals surface area contributed by atoms with Crippen LogP contribution >= 0.6 is 11.3 Å². The van der Waals surface area contributed by atoms with Gasteiger partial charge in [0.05, 0.1) is 15.4 Å². The lowest BCUT2D eigenvalue weighted by Gasteiger charge is -2.36. The molecule has 0 bridgehead atoms. The maximum Gasteiger partial charge on any atom is 0.264 e. The van der Waals surface area contributed by atoms with Crippen LogP contribution in [-0.4, -0.2) is 47.2 Å². The monoisotopic (exact) mass is 366 g/mol. The number of anilines is 1. The first kappa shape index (κ1) is 16.8. The molecule has 2 aromatic heterocycles. The smallest absolute Gasteiger partial charge is 0.264 e. The average Bonchev–Trinajstić information content (AvgIpc) is 3.35. The molecule has 0 radical (unpaired) electrons. The van der Waals surface area contributed by atoms with Crippen LogP contribution in [0.1, 0.15) is 20.8 Å². The van der Waals surface area contributed by atoms with E-state index in [0.29, 0.717) is 0 Å². The second-order valence-corrected chi connectivity index (χ2v) is 7.72. The van der Waals surface area contributed by atoms with Crippen LogP contribution in [0.5, 0.6) is 0 Å². The number of piperazine rings is 1. The van der Waals surface area contributed by atoms with E-state index in [2.05, 4.69) is 47.1 Å². The van der Waals surface area contributed by atoms with Gasteiger partial charge in [0.15, 0.2) is 0 Å². The topological polar surface area (TPSA) is 52.2 Å². The molecule has 1 N–H and O–H groups in total. The molecule has 0 saturated carbocycles. The zero-order chi connectivity index (χ0) is 18.1. The van der Waals surface area contributed by atoms with E-state index in [0.717, 1.165) is 41.6 Å². The Bertz CT molecular complexity index is 908. The van der Waals surface area contributed by atoms with Crippen LogP contribution in [0.2, 0.25) is 0 Å². The van der Waals surface area contributed by atoms with Crippen molar-refractivity contribution in [3.8, 4) is 10.6 Å². The molecule has 1 fully saturated rings. The molecule has 3 aromatic rings. The molecule has 4 rings (SSSR count). The van der Waals surface area contributed by atoms with E-state index >= 15 is 0 Å². The van der Waals surface area contributed by atoms with E-state index < -0.39 is 0 Å². The molecule has 5 nitrogen and oxygen atoms in total. The van der Waals surface area contributed by atoms with Gasteiger partial charge in [0, 0.05) is 38.1 Å². The van der Waals surface area contributed by atoms with Crippen molar-refractivity contribution in [2.75, 3.05) is 31.1 Å². The summed E-state index contributed by atoms with van der Waals surface area (Å²) < 4.78 is 0. The number of thiophene rings is 1. The van der Waals surface area contributed by atoms with Gasteiger partial charge in [0.1, 0.15) is 0 Å². The number of hydrogen-bond donors (Lipinski definition) is 1. The minimum atomic E-state index is 0.126. The minimum absolute atomic E-state index is 0.126. The van der Waals surface area contributed by atoms with Crippen molar-refractivity contribution >= 4 is 22.9 Å². The molecular formula is C20H22N4OS. The Morgan fingerprint density at radius 1 is 1.08 bits per heavy atom. The lowest BCUT2D eigenvalue weighted by atomic mass is 10.1. The van der Waals surface area contributed by atoms with Gasteiger partial charge in [-0.05, 0) is 49.2 Å². The van der Waals surface area contributed by atoms with Crippen molar-refractivity contribution in [2.24, 2.45) is 0 Å². The number of amides is 1. The Kier molecular flexibility index (Phi) is 4.51. The van der Waals surface area contributed by atoms with Crippen LogP contribution in [0.25, 0.3) is 10.6 Å². The Hall–Kier alpha value is -2.60. The molecule has 134 valence electrons. The van der Waals surface area contributed by atoms with Crippen LogP contribution in [-0.2, 0) is 0 Å². The van der Waals surface area contributed by atoms with E-state index in [1.54, 1.807) is 6.20 Å². The highest BCUT2D eigenvalue weighted by Crippen LogP contribution is 2.28. The molecule has 26 heavy (non-hydrogen) atoms. The Morgan fingerprint density at radius 3 is 2.62 bits per heavy atom. The second kappa shape index (κ2) is 6.96. The molecule has 6 heteroatoms. The van der Waals surface area contributed by atoms with E-state index in [-0.39, 0.29) is 5.91 Å². The number of nitrogens with zero attached hydrogens (tertiary/aromatic N) is 3. The molecule has 0 unspecified atom stereocenters. The fourth-order valence-corrected chi connectivity index (χ4v) is 4.32. The van der Waals surface area contributed by atoms with Gasteiger partial charge in [-0.3, -0.25) is 9.89 Å². The van der Waals surface area contributed by atoms with Gasteiger partial charge in [0.25, 0.3) is 5.91 Å². The normalized spacial score (nSPS) is 14.7. The van der Waals surface area contributed by atoms with Gasteiger partial charge in [-0.2, -0.15) is 5.10 Å². The summed E-state index contributed by atoms with van der Waals surface area (Å²) in [4.78, 5) is 19.0. The summed E-state index contributed by atoms with van der Waals surface area (Å²) in [6.07, 6.45) is 1.73. The zero-order valence-electron chi connectivity index (χ0n) is 15.0. The molecule has 1 saturated heterocycles. The summed E-state index contributed by atoms with van der Waals surface area (Å²) >= 11 is 1.52. The largest absolute Gasteiger partial charge is 0.368 e. The zero-order valence-corrected chi connectivity index (χ0v) is 15.8. The number of aromatic nitrogens is 2. The number of H-pyrrole nitrogens is 1. The Balaban J connectivity index is 1.43. The molecule has 1 amide bonds. The van der Waals surface area contributed by atoms with E-state index in [9.17, 15) is 4.79 Å². The van der Waals surface area contributed by atoms with Crippen LogP contribution in [0.4, 0.5) is 5.69 Å². The Labute approximate surface area is 157 Å². The van der Waals surface area contributed by atoms with Crippen molar-refractivity contribution in [1.29, 1.82) is 0 Å². The highest BCUT2D eigenvalue weighted by Gasteiger charge is 2.24. The maximum absolute atomic E-state index is 12.8. The maximum atomic E-state index is 12.8. The minimum Gasteiger partial charge on any atom is -0.368 e. The molecule has 1 aromatic carbocycles. The first-order valence-corrected chi connectivity index (χ1v) is 9.65. The van der Waals surface area contributed by atoms with Crippen LogP contribution in [0.3, 0.4) is 0 Å². The molecule has 1 aliphatic rings. The number of aryl methyl sites for hydroxylation is 1. The number of aromatic amines is 1. The van der Waals surface area contributed by atoms with E-state index in [1.807, 2.05) is 23.1 Å². The average molecular weight is 366 g/mol. The summed E-state index contributed by atoms with van der Waals surface area (Å²) in [6, 6.07) is 12.3. The molecule has 3 heterocycles. The van der Waals surface area contributed by atoms with Crippen molar-refractivity contribution in [2.45, 2.75) is 13.8 Å². The number of carbonyl (C=O) groups excluding carboxylic acids is 1. The first-order chi connectivity index (χ1) is 12.6. The number of hydrogen-bond acceptors (Lipinski definition) is 4. The predicted molar refractivity (Wildman–Crippen MR) is 106 cm³/mol. The van der Waals surface area contributed by atoms with Crippen molar-refractivity contribution < 1.29 is 4.79 Å². The quantitative estimate of drug-likeness (QED) is 0.769. The SMILES string of the molecule is Cc1cccc(N2CCN(C(=O)c3ccc(-c4ccn[nH]4)s3)CC2)c1C. The summed E-state index contributed by atoms with van der Waals surface area (Å²) in [5.41, 5.74) is 4.88. The van der Waals surface area contributed by atoms with Crippen LogP contribution < -0.4 is 4.90 Å². The van der Waals surface area contributed by atoms with Gasteiger partial charge in [-0.15, -0.1) is 11.3 Å². The van der Waals surface area contributed by atoms with Crippen LogP contribution in [0.15, 0.2) is 42.6 Å². The highest BCUT2D eigenvalue weighted by atomic mass is 32.1. The van der Waals surface area contributed by atoms with E-state index in [1.165, 1.54) is 28.2 Å². The molecule has 0 aliphatic carbocycles. The lowest BCUT2D eigenvalue weighted by molar-refractivity contribution is 0.0751. The molecule has 0 atom stereocenters. The summed E-state index contributed by atoms with van der Waals surface area (Å²) in [7, 11) is 0. The van der Waals surface area contributed by atoms with Crippen molar-refractivity contribution in [1.82, 2.24) is 15.1 Å². The molecule has 1 aliphatic heterocycles. The number of rotatable bonds is 3. The number of carbonyl (C=O) groups is 1. The second-order valence-electron chi connectivity index (χ2n) is 6.63. The van der Waals surface area contributed by atoms with Crippen LogP contribution in [0, 0.1) is 13.8 Å². The fourth-order valence-electron chi connectivity index (χ4n) is 3.38. The standard InChI is InChI=1S/C20H22N4OS/c1-14-4-3-5-17(15(14)2)23-10-12-24(13-11-23)20(25)19-7-6-18(26-19)16-8-9-21-22-16/h3-9H,10-13H2,1-2H3,(H,21,22). The van der Waals surface area contributed by atoms with Gasteiger partial charge in [0.2, 0.25) is 0 Å². The van der Waals surface area contributed by atoms with Gasteiger partial charge >= 0.3 is 0 Å². The molecular weight excluding hydrogens is 344 g/mol. The third kappa shape index (κ3) is 3.12. The first-order valence-electron chi connectivity index (χ1n) is 8.83. The van der Waals surface area contributed by atoms with Gasteiger partial charge < -0.3 is 9.80 Å². The summed E-state index contributed by atoms with van der Waals surface area (Å²) in [5.74, 6) is 0.126. The predicted octanol–water partition coefficient (Wildman–Crippen LogP) is 3.72. The van der Waals surface area contributed by atoms with E-state index in [4.69, 9.17) is 0 Å². The number of nitrogens with one attached hydrogen (secondary N) is 1. The molecule has 0 spiro atoms. The summed E-state index contributed by atoms with van der Waals surface area (Å²) in [6.45, 7) is 7.56. The summed E-state index contributed by atoms with van der Waals surface area (Å²) in [5, 5.41) is 6.92. The highest BCUT2D eigenvalue weighted by molar-refractivity contribution is 7.17.